The first kappa shape index (κ1) is 14.8. The molecule has 1 aromatic heterocycles. The van der Waals surface area contributed by atoms with E-state index in [-0.39, 0.29) is 17.9 Å². The SMILES string of the molecule is Nc1ccc2c(c1)CCCC2NC(=O)C1CCCc2sccc21. The summed E-state index contributed by atoms with van der Waals surface area (Å²) in [7, 11) is 0. The molecule has 0 radical (unpaired) electrons. The second-order valence-corrected chi connectivity index (χ2v) is 7.66. The molecule has 0 saturated heterocycles. The van der Waals surface area contributed by atoms with Crippen LogP contribution in [-0.2, 0) is 17.6 Å². The number of fused-ring (bicyclic) bond motifs is 2. The largest absolute Gasteiger partial charge is 0.399 e. The third-order valence-electron chi connectivity index (χ3n) is 5.17. The summed E-state index contributed by atoms with van der Waals surface area (Å²) < 4.78 is 0. The van der Waals surface area contributed by atoms with Crippen LogP contribution in [0.3, 0.4) is 0 Å². The van der Waals surface area contributed by atoms with Gasteiger partial charge in [-0.05, 0) is 78.8 Å². The van der Waals surface area contributed by atoms with Gasteiger partial charge in [-0.1, -0.05) is 6.07 Å². The molecular weight excluding hydrogens is 304 g/mol. The fraction of sp³-hybridized carbons (Fsp3) is 0.421. The maximum Gasteiger partial charge on any atom is 0.228 e. The number of nitrogens with one attached hydrogen (secondary N) is 1. The predicted molar refractivity (Wildman–Crippen MR) is 94.7 cm³/mol. The monoisotopic (exact) mass is 326 g/mol. The Hall–Kier alpha value is -1.81. The van der Waals surface area contributed by atoms with E-state index in [1.807, 2.05) is 6.07 Å². The highest BCUT2D eigenvalue weighted by atomic mass is 32.1. The fourth-order valence-electron chi connectivity index (χ4n) is 4.02. The van der Waals surface area contributed by atoms with Gasteiger partial charge in [0.25, 0.3) is 0 Å². The summed E-state index contributed by atoms with van der Waals surface area (Å²) in [5, 5.41) is 5.44. The number of aryl methyl sites for hydroxylation is 2. The summed E-state index contributed by atoms with van der Waals surface area (Å²) in [5.41, 5.74) is 10.5. The lowest BCUT2D eigenvalue weighted by atomic mass is 9.84. The molecule has 4 heteroatoms. The summed E-state index contributed by atoms with van der Waals surface area (Å²) in [6.45, 7) is 0. The smallest absolute Gasteiger partial charge is 0.228 e. The minimum absolute atomic E-state index is 0.0316. The van der Waals surface area contributed by atoms with Crippen molar-refractivity contribution < 1.29 is 4.79 Å². The second kappa shape index (κ2) is 6.00. The Balaban J connectivity index is 1.55. The van der Waals surface area contributed by atoms with Crippen LogP contribution in [0.25, 0.3) is 0 Å². The quantitative estimate of drug-likeness (QED) is 0.821. The van der Waals surface area contributed by atoms with E-state index in [0.29, 0.717) is 0 Å². The van der Waals surface area contributed by atoms with Gasteiger partial charge in [-0.3, -0.25) is 4.79 Å². The molecule has 3 nitrogen and oxygen atoms in total. The number of carbonyl (C=O) groups excluding carboxylic acids is 1. The molecule has 1 amide bonds. The number of nitrogen functional groups attached to an aromatic ring is 1. The highest BCUT2D eigenvalue weighted by molar-refractivity contribution is 7.10. The van der Waals surface area contributed by atoms with Crippen LogP contribution in [0.5, 0.6) is 0 Å². The molecular formula is C19H22N2OS. The number of hydrogen-bond acceptors (Lipinski definition) is 3. The van der Waals surface area contributed by atoms with Crippen molar-refractivity contribution in [1.82, 2.24) is 5.32 Å². The fourth-order valence-corrected chi connectivity index (χ4v) is 5.00. The van der Waals surface area contributed by atoms with Gasteiger partial charge in [-0.15, -0.1) is 11.3 Å². The van der Waals surface area contributed by atoms with Crippen molar-refractivity contribution in [2.24, 2.45) is 0 Å². The zero-order valence-electron chi connectivity index (χ0n) is 13.2. The van der Waals surface area contributed by atoms with Gasteiger partial charge in [0.15, 0.2) is 0 Å². The number of benzene rings is 1. The van der Waals surface area contributed by atoms with Gasteiger partial charge < -0.3 is 11.1 Å². The summed E-state index contributed by atoms with van der Waals surface area (Å²) >= 11 is 1.79. The molecule has 1 heterocycles. The minimum Gasteiger partial charge on any atom is -0.399 e. The van der Waals surface area contributed by atoms with Crippen LogP contribution < -0.4 is 11.1 Å². The lowest BCUT2D eigenvalue weighted by molar-refractivity contribution is -0.123. The van der Waals surface area contributed by atoms with Gasteiger partial charge in [0, 0.05) is 10.6 Å². The number of anilines is 1. The van der Waals surface area contributed by atoms with Gasteiger partial charge in [-0.2, -0.15) is 0 Å². The van der Waals surface area contributed by atoms with Crippen molar-refractivity contribution in [3.8, 4) is 0 Å². The molecule has 1 aromatic carbocycles. The highest BCUT2D eigenvalue weighted by Crippen LogP contribution is 2.37. The van der Waals surface area contributed by atoms with Crippen LogP contribution in [-0.4, -0.2) is 5.91 Å². The number of thiophene rings is 1. The maximum atomic E-state index is 12.9. The maximum absolute atomic E-state index is 12.9. The van der Waals surface area contributed by atoms with Crippen LogP contribution in [0.1, 0.15) is 59.2 Å². The summed E-state index contributed by atoms with van der Waals surface area (Å²) in [6.07, 6.45) is 6.40. The number of rotatable bonds is 2. The zero-order valence-corrected chi connectivity index (χ0v) is 14.0. The highest BCUT2D eigenvalue weighted by Gasteiger charge is 2.30. The molecule has 2 aliphatic carbocycles. The van der Waals surface area contributed by atoms with Crippen LogP contribution >= 0.6 is 11.3 Å². The molecule has 0 fully saturated rings. The van der Waals surface area contributed by atoms with Gasteiger partial charge in [-0.25, -0.2) is 0 Å². The number of carbonyl (C=O) groups is 1. The van der Waals surface area contributed by atoms with E-state index in [1.54, 1.807) is 11.3 Å². The molecule has 3 N–H and O–H groups in total. The van der Waals surface area contributed by atoms with Gasteiger partial charge in [0.2, 0.25) is 5.91 Å². The van der Waals surface area contributed by atoms with E-state index in [4.69, 9.17) is 5.73 Å². The van der Waals surface area contributed by atoms with E-state index in [0.717, 1.165) is 44.2 Å². The predicted octanol–water partition coefficient (Wildman–Crippen LogP) is 3.94. The zero-order chi connectivity index (χ0) is 15.8. The topological polar surface area (TPSA) is 55.1 Å². The first-order valence-corrected chi connectivity index (χ1v) is 9.35. The number of amides is 1. The van der Waals surface area contributed by atoms with Crippen molar-refractivity contribution in [2.75, 3.05) is 5.73 Å². The molecule has 2 aromatic rings. The van der Waals surface area contributed by atoms with Crippen molar-refractivity contribution in [3.63, 3.8) is 0 Å². The van der Waals surface area contributed by atoms with Crippen LogP contribution in [0.2, 0.25) is 0 Å². The Labute approximate surface area is 140 Å². The molecule has 0 saturated carbocycles. The Morgan fingerprint density at radius 1 is 1.13 bits per heavy atom. The Bertz CT molecular complexity index is 737. The standard InChI is InChI=1S/C19H22N2OS/c20-13-7-8-14-12(11-13)3-1-5-17(14)21-19(22)16-4-2-6-18-15(16)9-10-23-18/h7-11,16-17H,1-6,20H2,(H,21,22). The first-order valence-electron chi connectivity index (χ1n) is 8.47. The summed E-state index contributed by atoms with van der Waals surface area (Å²) in [5.74, 6) is 0.225. The van der Waals surface area contributed by atoms with Crippen LogP contribution in [0.15, 0.2) is 29.6 Å². The normalized spacial score (nSPS) is 23.0. The lowest BCUT2D eigenvalue weighted by Gasteiger charge is -2.29. The summed E-state index contributed by atoms with van der Waals surface area (Å²) in [6, 6.07) is 8.37. The van der Waals surface area contributed by atoms with E-state index in [2.05, 4.69) is 28.9 Å². The molecule has 120 valence electrons. The molecule has 2 aliphatic rings. The van der Waals surface area contributed by atoms with E-state index < -0.39 is 0 Å². The van der Waals surface area contributed by atoms with Crippen molar-refractivity contribution in [2.45, 2.75) is 50.5 Å². The average Bonchev–Trinajstić information content (AvgIpc) is 3.03. The van der Waals surface area contributed by atoms with E-state index in [1.165, 1.54) is 21.6 Å². The Kier molecular flexibility index (Phi) is 3.85. The molecule has 0 aliphatic heterocycles. The van der Waals surface area contributed by atoms with Crippen molar-refractivity contribution in [3.05, 3.63) is 51.2 Å². The summed E-state index contributed by atoms with van der Waals surface area (Å²) in [4.78, 5) is 14.3. The van der Waals surface area contributed by atoms with Crippen LogP contribution in [0, 0.1) is 0 Å². The third kappa shape index (κ3) is 2.76. The molecule has 23 heavy (non-hydrogen) atoms. The minimum atomic E-state index is 0.0316. The Morgan fingerprint density at radius 2 is 2.00 bits per heavy atom. The molecule has 0 bridgehead atoms. The van der Waals surface area contributed by atoms with E-state index in [9.17, 15) is 4.79 Å². The number of hydrogen-bond donors (Lipinski definition) is 2. The van der Waals surface area contributed by atoms with Crippen molar-refractivity contribution >= 4 is 22.9 Å². The molecule has 2 atom stereocenters. The number of nitrogens with two attached hydrogens (primary N) is 1. The lowest BCUT2D eigenvalue weighted by Crippen LogP contribution is -2.35. The van der Waals surface area contributed by atoms with E-state index >= 15 is 0 Å². The van der Waals surface area contributed by atoms with Crippen molar-refractivity contribution in [1.29, 1.82) is 0 Å². The molecule has 4 rings (SSSR count). The third-order valence-corrected chi connectivity index (χ3v) is 6.16. The van der Waals surface area contributed by atoms with Gasteiger partial charge in [0.1, 0.15) is 0 Å². The second-order valence-electron chi connectivity index (χ2n) is 6.66. The molecule has 0 spiro atoms. The Morgan fingerprint density at radius 3 is 2.91 bits per heavy atom. The van der Waals surface area contributed by atoms with Crippen LogP contribution in [0.4, 0.5) is 5.69 Å². The van der Waals surface area contributed by atoms with Gasteiger partial charge >= 0.3 is 0 Å². The van der Waals surface area contributed by atoms with Gasteiger partial charge in [0.05, 0.1) is 12.0 Å². The average molecular weight is 326 g/mol. The first-order chi connectivity index (χ1) is 11.2. The molecule has 2 unspecified atom stereocenters.